The van der Waals surface area contributed by atoms with Gasteiger partial charge < -0.3 is 11.1 Å². The van der Waals surface area contributed by atoms with Gasteiger partial charge in [-0.25, -0.2) is 4.68 Å². The Morgan fingerprint density at radius 3 is 2.67 bits per heavy atom. The molecule has 0 spiro atoms. The predicted octanol–water partition coefficient (Wildman–Crippen LogP) is 2.59. The van der Waals surface area contributed by atoms with E-state index in [1.165, 1.54) is 0 Å². The first kappa shape index (κ1) is 17.2. The summed E-state index contributed by atoms with van der Waals surface area (Å²) in [4.78, 5) is 11.8. The van der Waals surface area contributed by atoms with E-state index in [0.29, 0.717) is 19.4 Å². The Morgan fingerprint density at radius 1 is 1.33 bits per heavy atom. The molecule has 0 bridgehead atoms. The predicted molar refractivity (Wildman–Crippen MR) is 87.2 cm³/mol. The van der Waals surface area contributed by atoms with Gasteiger partial charge in [-0.3, -0.25) is 4.79 Å². The second-order valence-corrected chi connectivity index (χ2v) is 4.80. The first-order valence-electron chi connectivity index (χ1n) is 6.74. The van der Waals surface area contributed by atoms with Crippen LogP contribution in [0.2, 0.25) is 0 Å². The van der Waals surface area contributed by atoms with E-state index in [9.17, 15) is 4.79 Å². The molecule has 21 heavy (non-hydrogen) atoms. The standard InChI is InChI=1S/C15H20N4O.ClH/c1-11-10-12(2)19(18-11)14-7-4-3-6-13(14)17-15(20)8-5-9-16;/h3-4,6-7,10H,5,8-9,16H2,1-2H3,(H,17,20);1H. The second kappa shape index (κ2) is 7.81. The lowest BCUT2D eigenvalue weighted by Crippen LogP contribution is -2.15. The van der Waals surface area contributed by atoms with E-state index in [1.54, 1.807) is 0 Å². The van der Waals surface area contributed by atoms with Gasteiger partial charge in [0, 0.05) is 12.1 Å². The molecule has 114 valence electrons. The molecule has 0 radical (unpaired) electrons. The maximum atomic E-state index is 11.8. The molecule has 1 aromatic heterocycles. The Labute approximate surface area is 130 Å². The van der Waals surface area contributed by atoms with E-state index in [1.807, 2.05) is 48.9 Å². The summed E-state index contributed by atoms with van der Waals surface area (Å²) >= 11 is 0. The van der Waals surface area contributed by atoms with E-state index >= 15 is 0 Å². The SMILES string of the molecule is Cc1cc(C)n(-c2ccccc2NC(=O)CCCN)n1.Cl. The summed E-state index contributed by atoms with van der Waals surface area (Å²) in [7, 11) is 0. The third-order valence-corrected chi connectivity index (χ3v) is 3.02. The van der Waals surface area contributed by atoms with Gasteiger partial charge in [-0.1, -0.05) is 12.1 Å². The van der Waals surface area contributed by atoms with Crippen molar-refractivity contribution in [2.24, 2.45) is 5.73 Å². The number of benzene rings is 1. The number of hydrogen-bond donors (Lipinski definition) is 2. The summed E-state index contributed by atoms with van der Waals surface area (Å²) < 4.78 is 1.84. The number of carbonyl (C=O) groups excluding carboxylic acids is 1. The van der Waals surface area contributed by atoms with Gasteiger partial charge in [-0.05, 0) is 45.0 Å². The van der Waals surface area contributed by atoms with Crippen molar-refractivity contribution in [3.05, 3.63) is 41.7 Å². The third kappa shape index (κ3) is 4.31. The average molecular weight is 309 g/mol. The highest BCUT2D eigenvalue weighted by molar-refractivity contribution is 5.92. The van der Waals surface area contributed by atoms with Crippen molar-refractivity contribution in [1.29, 1.82) is 0 Å². The summed E-state index contributed by atoms with van der Waals surface area (Å²) in [6, 6.07) is 9.66. The number of hydrogen-bond acceptors (Lipinski definition) is 3. The molecular formula is C15H21ClN4O. The van der Waals surface area contributed by atoms with Crippen LogP contribution in [0.1, 0.15) is 24.2 Å². The fourth-order valence-corrected chi connectivity index (χ4v) is 2.11. The van der Waals surface area contributed by atoms with Gasteiger partial charge >= 0.3 is 0 Å². The van der Waals surface area contributed by atoms with Gasteiger partial charge in [0.05, 0.1) is 17.1 Å². The van der Waals surface area contributed by atoms with Crippen LogP contribution in [-0.2, 0) is 4.79 Å². The minimum atomic E-state index is -0.0237. The molecule has 0 aliphatic carbocycles. The maximum absolute atomic E-state index is 11.8. The monoisotopic (exact) mass is 308 g/mol. The molecule has 0 saturated carbocycles. The first-order chi connectivity index (χ1) is 9.61. The van der Waals surface area contributed by atoms with Crippen molar-refractivity contribution in [2.75, 3.05) is 11.9 Å². The summed E-state index contributed by atoms with van der Waals surface area (Å²) in [5.41, 5.74) is 9.04. The molecule has 0 saturated heterocycles. The quantitative estimate of drug-likeness (QED) is 0.891. The van der Waals surface area contributed by atoms with E-state index in [0.717, 1.165) is 22.8 Å². The number of halogens is 1. The van der Waals surface area contributed by atoms with E-state index in [2.05, 4.69) is 10.4 Å². The number of aromatic nitrogens is 2. The summed E-state index contributed by atoms with van der Waals surface area (Å²) in [5, 5.41) is 7.38. The van der Waals surface area contributed by atoms with Crippen LogP contribution in [0, 0.1) is 13.8 Å². The van der Waals surface area contributed by atoms with Gasteiger partial charge in [-0.15, -0.1) is 12.4 Å². The minimum Gasteiger partial charge on any atom is -0.330 e. The fraction of sp³-hybridized carbons (Fsp3) is 0.333. The number of anilines is 1. The van der Waals surface area contributed by atoms with Gasteiger partial charge in [0.1, 0.15) is 0 Å². The molecule has 3 N–H and O–H groups in total. The number of nitrogens with one attached hydrogen (secondary N) is 1. The highest BCUT2D eigenvalue weighted by Crippen LogP contribution is 2.21. The van der Waals surface area contributed by atoms with Crippen molar-refractivity contribution in [3.63, 3.8) is 0 Å². The molecule has 1 heterocycles. The highest BCUT2D eigenvalue weighted by atomic mass is 35.5. The van der Waals surface area contributed by atoms with Crippen LogP contribution in [-0.4, -0.2) is 22.2 Å². The van der Waals surface area contributed by atoms with E-state index in [4.69, 9.17) is 5.73 Å². The summed E-state index contributed by atoms with van der Waals surface area (Å²) in [5.74, 6) is -0.0237. The van der Waals surface area contributed by atoms with Gasteiger partial charge in [-0.2, -0.15) is 5.10 Å². The Morgan fingerprint density at radius 2 is 2.05 bits per heavy atom. The molecule has 0 aliphatic rings. The van der Waals surface area contributed by atoms with Crippen LogP contribution >= 0.6 is 12.4 Å². The number of rotatable bonds is 5. The average Bonchev–Trinajstić information content (AvgIpc) is 2.76. The number of aryl methyl sites for hydroxylation is 2. The molecule has 1 aromatic carbocycles. The Kier molecular flexibility index (Phi) is 6.39. The summed E-state index contributed by atoms with van der Waals surface area (Å²) in [6.45, 7) is 4.46. The molecule has 2 rings (SSSR count). The maximum Gasteiger partial charge on any atom is 0.224 e. The van der Waals surface area contributed by atoms with Gasteiger partial charge in [0.25, 0.3) is 0 Å². The summed E-state index contributed by atoms with van der Waals surface area (Å²) in [6.07, 6.45) is 1.12. The number of amides is 1. The lowest BCUT2D eigenvalue weighted by Gasteiger charge is -2.12. The molecule has 5 nitrogen and oxygen atoms in total. The molecule has 0 aliphatic heterocycles. The third-order valence-electron chi connectivity index (χ3n) is 3.02. The molecule has 6 heteroatoms. The van der Waals surface area contributed by atoms with E-state index < -0.39 is 0 Å². The van der Waals surface area contributed by atoms with Crippen LogP contribution in [0.5, 0.6) is 0 Å². The van der Waals surface area contributed by atoms with Crippen molar-refractivity contribution in [3.8, 4) is 5.69 Å². The molecular weight excluding hydrogens is 288 g/mol. The van der Waals surface area contributed by atoms with Crippen LogP contribution < -0.4 is 11.1 Å². The zero-order valence-corrected chi connectivity index (χ0v) is 13.1. The topological polar surface area (TPSA) is 72.9 Å². The van der Waals surface area contributed by atoms with Crippen molar-refractivity contribution in [1.82, 2.24) is 9.78 Å². The number of nitrogens with two attached hydrogens (primary N) is 1. The largest absolute Gasteiger partial charge is 0.330 e. The first-order valence-corrected chi connectivity index (χ1v) is 6.74. The van der Waals surface area contributed by atoms with Crippen molar-refractivity contribution < 1.29 is 4.79 Å². The number of nitrogens with zero attached hydrogens (tertiary/aromatic N) is 2. The van der Waals surface area contributed by atoms with Gasteiger partial charge in [0.15, 0.2) is 0 Å². The van der Waals surface area contributed by atoms with Crippen LogP contribution in [0.4, 0.5) is 5.69 Å². The fourth-order valence-electron chi connectivity index (χ4n) is 2.11. The van der Waals surface area contributed by atoms with E-state index in [-0.39, 0.29) is 18.3 Å². The van der Waals surface area contributed by atoms with Crippen LogP contribution in [0.15, 0.2) is 30.3 Å². The second-order valence-electron chi connectivity index (χ2n) is 4.80. The normalized spacial score (nSPS) is 10.0. The zero-order valence-electron chi connectivity index (χ0n) is 12.3. The molecule has 0 unspecified atom stereocenters. The number of para-hydroxylation sites is 2. The number of carbonyl (C=O) groups is 1. The minimum absolute atomic E-state index is 0. The molecule has 2 aromatic rings. The Balaban J connectivity index is 0.00000220. The zero-order chi connectivity index (χ0) is 14.5. The van der Waals surface area contributed by atoms with Crippen molar-refractivity contribution >= 4 is 24.0 Å². The molecule has 0 atom stereocenters. The lowest BCUT2D eigenvalue weighted by molar-refractivity contribution is -0.116. The smallest absolute Gasteiger partial charge is 0.224 e. The van der Waals surface area contributed by atoms with Crippen molar-refractivity contribution in [2.45, 2.75) is 26.7 Å². The van der Waals surface area contributed by atoms with Crippen LogP contribution in [0.3, 0.4) is 0 Å². The molecule has 1 amide bonds. The Hall–Kier alpha value is -1.85. The Bertz CT molecular complexity index is 609. The van der Waals surface area contributed by atoms with Gasteiger partial charge in [0.2, 0.25) is 5.91 Å². The molecule has 0 fully saturated rings. The lowest BCUT2D eigenvalue weighted by atomic mass is 10.2. The highest BCUT2D eigenvalue weighted by Gasteiger charge is 2.10. The van der Waals surface area contributed by atoms with Crippen LogP contribution in [0.25, 0.3) is 5.69 Å².